The van der Waals surface area contributed by atoms with Gasteiger partial charge in [-0.2, -0.15) is 4.31 Å². The molecule has 1 atom stereocenters. The second-order valence-electron chi connectivity index (χ2n) is 8.74. The molecule has 162 valence electrons. The minimum Gasteiger partial charge on any atom is -0.335 e. The monoisotopic (exact) mass is 430 g/mol. The fourth-order valence-electron chi connectivity index (χ4n) is 4.31. The van der Waals surface area contributed by atoms with Crippen LogP contribution in [0.4, 0.5) is 0 Å². The lowest BCUT2D eigenvalue weighted by molar-refractivity contribution is 0.0628. The highest BCUT2D eigenvalue weighted by Gasteiger charge is 2.36. The van der Waals surface area contributed by atoms with E-state index < -0.39 is 10.0 Å². The van der Waals surface area contributed by atoms with Gasteiger partial charge in [-0.15, -0.1) is 0 Å². The second-order valence-corrected chi connectivity index (χ2v) is 10.6. The Labute approximate surface area is 178 Å². The first-order valence-corrected chi connectivity index (χ1v) is 12.2. The fourth-order valence-corrected chi connectivity index (χ4v) is 5.91. The molecule has 3 heterocycles. The Morgan fingerprint density at radius 2 is 2.00 bits per heavy atom. The predicted molar refractivity (Wildman–Crippen MR) is 115 cm³/mol. The number of hydrogen-bond donors (Lipinski definition) is 0. The van der Waals surface area contributed by atoms with E-state index in [0.29, 0.717) is 29.5 Å². The molecule has 0 radical (unpaired) electrons. The van der Waals surface area contributed by atoms with Gasteiger partial charge >= 0.3 is 0 Å². The molecule has 2 aliphatic heterocycles. The van der Waals surface area contributed by atoms with Gasteiger partial charge in [-0.3, -0.25) is 9.36 Å². The van der Waals surface area contributed by atoms with Crippen molar-refractivity contribution in [1.82, 2.24) is 18.8 Å². The Morgan fingerprint density at radius 1 is 1.23 bits per heavy atom. The molecule has 1 aromatic heterocycles. The van der Waals surface area contributed by atoms with Crippen LogP contribution in [0.3, 0.4) is 0 Å². The Balaban J connectivity index is 1.80. The van der Waals surface area contributed by atoms with Crippen LogP contribution in [0.5, 0.6) is 0 Å². The average Bonchev–Trinajstić information content (AvgIpc) is 3.10. The number of benzene rings is 1. The summed E-state index contributed by atoms with van der Waals surface area (Å²) in [6, 6.07) is 7.14. The number of carbonyl (C=O) groups excluding carboxylic acids is 1. The van der Waals surface area contributed by atoms with E-state index in [4.69, 9.17) is 0 Å². The molecule has 30 heavy (non-hydrogen) atoms. The molecule has 1 amide bonds. The molecule has 0 unspecified atom stereocenters. The lowest BCUT2D eigenvalue weighted by Gasteiger charge is -2.33. The standard InChI is InChI=1S/C22H30N4O3S/c1-16(2)11-13-24-14-19-21(22(27)25-12-7-6-8-17(25)3)23-15-26(19)18-9-4-5-10-20(18)30(24,28)29/h4-5,9-10,15-17H,6-8,11-14H2,1-3H3/t17-/m0/s1. The van der Waals surface area contributed by atoms with Gasteiger partial charge in [0.2, 0.25) is 10.0 Å². The van der Waals surface area contributed by atoms with Gasteiger partial charge in [0, 0.05) is 19.1 Å². The molecule has 8 heteroatoms. The number of nitrogens with zero attached hydrogens (tertiary/aromatic N) is 4. The van der Waals surface area contributed by atoms with Gasteiger partial charge in [0.25, 0.3) is 5.91 Å². The SMILES string of the molecule is CC(C)CCN1Cc2c(C(=O)N3CCCC[C@@H]3C)ncn2-c2ccccc2S1(=O)=O. The fraction of sp³-hybridized carbons (Fsp3) is 0.545. The van der Waals surface area contributed by atoms with Gasteiger partial charge in [0.15, 0.2) is 5.69 Å². The van der Waals surface area contributed by atoms with Gasteiger partial charge in [-0.25, -0.2) is 13.4 Å². The molecule has 1 saturated heterocycles. The van der Waals surface area contributed by atoms with Crippen molar-refractivity contribution in [3.8, 4) is 5.69 Å². The summed E-state index contributed by atoms with van der Waals surface area (Å²) in [5.41, 5.74) is 1.57. The lowest BCUT2D eigenvalue weighted by atomic mass is 10.0. The van der Waals surface area contributed by atoms with Crippen molar-refractivity contribution in [3.63, 3.8) is 0 Å². The third-order valence-corrected chi connectivity index (χ3v) is 8.05. The highest BCUT2D eigenvalue weighted by Crippen LogP contribution is 2.32. The maximum atomic E-state index is 13.4. The topological polar surface area (TPSA) is 75.5 Å². The van der Waals surface area contributed by atoms with E-state index in [9.17, 15) is 13.2 Å². The number of fused-ring (bicyclic) bond motifs is 3. The Hall–Kier alpha value is -2.19. The summed E-state index contributed by atoms with van der Waals surface area (Å²) in [6.45, 7) is 7.50. The number of para-hydroxylation sites is 1. The van der Waals surface area contributed by atoms with Crippen molar-refractivity contribution < 1.29 is 13.2 Å². The molecule has 0 saturated carbocycles. The molecule has 0 aliphatic carbocycles. The molecule has 1 aromatic carbocycles. The first-order chi connectivity index (χ1) is 14.3. The van der Waals surface area contributed by atoms with Gasteiger partial charge in [-0.1, -0.05) is 26.0 Å². The summed E-state index contributed by atoms with van der Waals surface area (Å²) < 4.78 is 30.2. The molecule has 0 bridgehead atoms. The number of hydrogen-bond acceptors (Lipinski definition) is 4. The number of rotatable bonds is 4. The maximum absolute atomic E-state index is 13.4. The summed E-state index contributed by atoms with van der Waals surface area (Å²) in [6.07, 6.45) is 5.45. The summed E-state index contributed by atoms with van der Waals surface area (Å²) in [4.78, 5) is 20.0. The third kappa shape index (κ3) is 3.67. The number of aromatic nitrogens is 2. The van der Waals surface area contributed by atoms with Crippen LogP contribution in [-0.4, -0.2) is 52.2 Å². The number of imidazole rings is 1. The highest BCUT2D eigenvalue weighted by atomic mass is 32.2. The zero-order valence-electron chi connectivity index (χ0n) is 17.9. The van der Waals surface area contributed by atoms with Crippen LogP contribution in [0, 0.1) is 5.92 Å². The Bertz CT molecular complexity index is 1040. The van der Waals surface area contributed by atoms with E-state index in [2.05, 4.69) is 25.8 Å². The summed E-state index contributed by atoms with van der Waals surface area (Å²) >= 11 is 0. The van der Waals surface area contributed by atoms with E-state index in [0.717, 1.165) is 32.2 Å². The number of likely N-dealkylation sites (tertiary alicyclic amines) is 1. The number of carbonyl (C=O) groups is 1. The molecular formula is C22H30N4O3S. The summed E-state index contributed by atoms with van der Waals surface area (Å²) in [5, 5.41) is 0. The zero-order valence-corrected chi connectivity index (χ0v) is 18.7. The minimum atomic E-state index is -3.67. The van der Waals surface area contributed by atoms with E-state index in [-0.39, 0.29) is 23.4 Å². The normalized spacial score (nSPS) is 21.2. The van der Waals surface area contributed by atoms with Gasteiger partial charge in [0.1, 0.15) is 11.2 Å². The average molecular weight is 431 g/mol. The molecule has 0 spiro atoms. The van der Waals surface area contributed by atoms with Gasteiger partial charge in [0.05, 0.1) is 17.9 Å². The van der Waals surface area contributed by atoms with Crippen molar-refractivity contribution in [1.29, 1.82) is 0 Å². The predicted octanol–water partition coefficient (Wildman–Crippen LogP) is 3.44. The molecule has 7 nitrogen and oxygen atoms in total. The van der Waals surface area contributed by atoms with Crippen molar-refractivity contribution in [2.45, 2.75) is 63.9 Å². The molecule has 1 fully saturated rings. The smallest absolute Gasteiger partial charge is 0.274 e. The highest BCUT2D eigenvalue weighted by molar-refractivity contribution is 7.89. The largest absolute Gasteiger partial charge is 0.335 e. The lowest BCUT2D eigenvalue weighted by Crippen LogP contribution is -2.42. The molecule has 0 N–H and O–H groups in total. The van der Waals surface area contributed by atoms with Crippen LogP contribution in [-0.2, 0) is 16.6 Å². The molecular weight excluding hydrogens is 400 g/mol. The maximum Gasteiger partial charge on any atom is 0.274 e. The number of piperidine rings is 1. The minimum absolute atomic E-state index is 0.100. The Morgan fingerprint density at radius 3 is 2.73 bits per heavy atom. The van der Waals surface area contributed by atoms with E-state index in [1.807, 2.05) is 11.0 Å². The first kappa shape index (κ1) is 21.1. The van der Waals surface area contributed by atoms with Crippen LogP contribution >= 0.6 is 0 Å². The van der Waals surface area contributed by atoms with Crippen molar-refractivity contribution in [2.75, 3.05) is 13.1 Å². The van der Waals surface area contributed by atoms with Crippen LogP contribution in [0.25, 0.3) is 5.69 Å². The quantitative estimate of drug-likeness (QED) is 0.745. The third-order valence-electron chi connectivity index (χ3n) is 6.16. The summed E-state index contributed by atoms with van der Waals surface area (Å²) in [7, 11) is -3.67. The van der Waals surface area contributed by atoms with Crippen molar-refractivity contribution >= 4 is 15.9 Å². The zero-order chi connectivity index (χ0) is 21.5. The van der Waals surface area contributed by atoms with Gasteiger partial charge in [-0.05, 0) is 50.7 Å². The van der Waals surface area contributed by atoms with Crippen molar-refractivity contribution in [3.05, 3.63) is 42.0 Å². The summed E-state index contributed by atoms with van der Waals surface area (Å²) in [5.74, 6) is 0.274. The molecule has 4 rings (SSSR count). The van der Waals surface area contributed by atoms with Crippen LogP contribution in [0.15, 0.2) is 35.5 Å². The van der Waals surface area contributed by atoms with Crippen LogP contribution in [0.2, 0.25) is 0 Å². The van der Waals surface area contributed by atoms with Crippen LogP contribution in [0.1, 0.15) is 62.6 Å². The van der Waals surface area contributed by atoms with Crippen molar-refractivity contribution in [2.24, 2.45) is 5.92 Å². The van der Waals surface area contributed by atoms with E-state index in [1.54, 1.807) is 29.1 Å². The van der Waals surface area contributed by atoms with E-state index in [1.165, 1.54) is 4.31 Å². The van der Waals surface area contributed by atoms with E-state index >= 15 is 0 Å². The Kier molecular flexibility index (Phi) is 5.72. The molecule has 2 aromatic rings. The van der Waals surface area contributed by atoms with Crippen LogP contribution < -0.4 is 0 Å². The number of amides is 1. The first-order valence-electron chi connectivity index (χ1n) is 10.8. The second kappa shape index (κ2) is 8.15. The molecule has 2 aliphatic rings. The number of sulfonamides is 1. The van der Waals surface area contributed by atoms with Gasteiger partial charge < -0.3 is 4.90 Å².